The molecule has 6 rings (SSSR count). The van der Waals surface area contributed by atoms with Gasteiger partial charge in [-0.15, -0.1) is 11.3 Å². The highest BCUT2D eigenvalue weighted by molar-refractivity contribution is 7.14. The minimum Gasteiger partial charge on any atom is -0.537 e. The first-order chi connectivity index (χ1) is 22.9. The molecule has 1 N–H and O–H groups in total. The number of alkyl halides is 3. The van der Waals surface area contributed by atoms with Crippen LogP contribution in [0.25, 0.3) is 6.08 Å². The van der Waals surface area contributed by atoms with Crippen LogP contribution >= 0.6 is 11.3 Å². The van der Waals surface area contributed by atoms with Crippen LogP contribution in [0.2, 0.25) is 5.04 Å². The summed E-state index contributed by atoms with van der Waals surface area (Å²) < 4.78 is 59.7. The summed E-state index contributed by atoms with van der Waals surface area (Å²) in [6.07, 6.45) is -0.453. The van der Waals surface area contributed by atoms with Crippen molar-refractivity contribution in [1.29, 1.82) is 0 Å². The number of thiophene rings is 1. The molecule has 0 aliphatic heterocycles. The fraction of sp³-hybridized carbons (Fsp3) is 0.243. The van der Waals surface area contributed by atoms with Gasteiger partial charge in [0.2, 0.25) is 0 Å². The second-order valence-corrected chi connectivity index (χ2v) is 17.9. The Labute approximate surface area is 282 Å². The van der Waals surface area contributed by atoms with E-state index in [2.05, 4.69) is 55.0 Å². The van der Waals surface area contributed by atoms with Gasteiger partial charge in [0.15, 0.2) is 4.88 Å². The zero-order valence-electron chi connectivity index (χ0n) is 26.9. The highest BCUT2D eigenvalue weighted by Gasteiger charge is 2.53. The number of H-pyrrole nitrogens is 1. The van der Waals surface area contributed by atoms with E-state index in [0.29, 0.717) is 12.2 Å². The summed E-state index contributed by atoms with van der Waals surface area (Å²) in [6.45, 7) is 6.21. The highest BCUT2D eigenvalue weighted by atomic mass is 32.1. The minimum atomic E-state index is -4.55. The number of rotatable bonds is 9. The average molecular weight is 689 g/mol. The molecule has 0 bridgehead atoms. The number of halogens is 3. The van der Waals surface area contributed by atoms with Gasteiger partial charge in [-0.1, -0.05) is 99.6 Å². The summed E-state index contributed by atoms with van der Waals surface area (Å²) in [4.78, 5) is 21.7. The van der Waals surface area contributed by atoms with Crippen LogP contribution < -0.4 is 15.1 Å². The number of benzene rings is 3. The summed E-state index contributed by atoms with van der Waals surface area (Å²) in [6, 6.07) is 27.5. The van der Waals surface area contributed by atoms with Gasteiger partial charge in [-0.3, -0.25) is 0 Å². The van der Waals surface area contributed by atoms with Crippen LogP contribution in [-0.4, -0.2) is 31.4 Å². The first-order valence-electron chi connectivity index (χ1n) is 15.5. The predicted molar refractivity (Wildman–Crippen MR) is 183 cm³/mol. The first-order valence-corrected chi connectivity index (χ1v) is 18.2. The van der Waals surface area contributed by atoms with E-state index in [-0.39, 0.29) is 33.8 Å². The van der Waals surface area contributed by atoms with Gasteiger partial charge < -0.3 is 18.9 Å². The molecule has 248 valence electrons. The SMILES string of the molecule is COC(=O)c1sc(C2Cc3[nH]cnc3C=C2O[Si](c2ccccc2)(c2ccccc2)C(C)(C)C)cc1OCc1ccccc1C(F)(F)F. The van der Waals surface area contributed by atoms with Crippen LogP contribution in [0.3, 0.4) is 0 Å². The third-order valence-corrected chi connectivity index (χ3v) is 14.8. The lowest BCUT2D eigenvalue weighted by molar-refractivity contribution is -0.138. The van der Waals surface area contributed by atoms with Gasteiger partial charge in [-0.2, -0.15) is 13.2 Å². The third kappa shape index (κ3) is 6.32. The molecule has 6 nitrogen and oxygen atoms in total. The molecule has 0 fully saturated rings. The van der Waals surface area contributed by atoms with E-state index < -0.39 is 26.0 Å². The molecule has 48 heavy (non-hydrogen) atoms. The summed E-state index contributed by atoms with van der Waals surface area (Å²) in [7, 11) is -1.80. The van der Waals surface area contributed by atoms with E-state index in [1.165, 1.54) is 36.6 Å². The molecule has 1 aliphatic rings. The van der Waals surface area contributed by atoms with Crippen molar-refractivity contribution >= 4 is 42.1 Å². The fourth-order valence-corrected chi connectivity index (χ4v) is 11.9. The molecule has 1 aliphatic carbocycles. The van der Waals surface area contributed by atoms with E-state index in [4.69, 9.17) is 13.9 Å². The second-order valence-electron chi connectivity index (χ2n) is 12.6. The van der Waals surface area contributed by atoms with Gasteiger partial charge in [0.1, 0.15) is 12.4 Å². The summed E-state index contributed by atoms with van der Waals surface area (Å²) >= 11 is 1.19. The molecular weight excluding hydrogens is 654 g/mol. The fourth-order valence-electron chi connectivity index (χ4n) is 6.31. The maximum absolute atomic E-state index is 13.7. The number of aromatic amines is 1. The Morgan fingerprint density at radius 3 is 2.19 bits per heavy atom. The maximum atomic E-state index is 13.7. The Balaban J connectivity index is 1.45. The average Bonchev–Trinajstić information content (AvgIpc) is 3.72. The predicted octanol–water partition coefficient (Wildman–Crippen LogP) is 8.11. The number of ether oxygens (including phenoxy) is 2. The highest BCUT2D eigenvalue weighted by Crippen LogP contribution is 2.46. The van der Waals surface area contributed by atoms with Crippen molar-refractivity contribution in [3.05, 3.63) is 135 Å². The molecule has 0 spiro atoms. The van der Waals surface area contributed by atoms with Crippen LogP contribution in [0, 0.1) is 0 Å². The van der Waals surface area contributed by atoms with Crippen LogP contribution in [0.4, 0.5) is 13.2 Å². The van der Waals surface area contributed by atoms with Crippen molar-refractivity contribution in [3.8, 4) is 5.75 Å². The van der Waals surface area contributed by atoms with Crippen molar-refractivity contribution in [2.45, 2.75) is 50.9 Å². The summed E-state index contributed by atoms with van der Waals surface area (Å²) in [5.74, 6) is -0.149. The number of fused-ring (bicyclic) bond motifs is 1. The number of nitrogens with zero attached hydrogens (tertiary/aromatic N) is 1. The van der Waals surface area contributed by atoms with Crippen LogP contribution in [-0.2, 0) is 28.4 Å². The van der Waals surface area contributed by atoms with Crippen molar-refractivity contribution in [3.63, 3.8) is 0 Å². The maximum Gasteiger partial charge on any atom is 0.416 e. The molecule has 0 amide bonds. The minimum absolute atomic E-state index is 0.0380. The number of carbonyl (C=O) groups excluding carboxylic acids is 1. The number of aromatic nitrogens is 2. The summed E-state index contributed by atoms with van der Waals surface area (Å²) in [5.41, 5.74) is 0.848. The molecule has 5 aromatic rings. The molecule has 0 saturated carbocycles. The lowest BCUT2D eigenvalue weighted by Crippen LogP contribution is -2.66. The van der Waals surface area contributed by atoms with E-state index in [0.717, 1.165) is 32.7 Å². The molecule has 2 heterocycles. The van der Waals surface area contributed by atoms with Gasteiger partial charge in [-0.25, -0.2) is 9.78 Å². The van der Waals surface area contributed by atoms with E-state index in [1.54, 1.807) is 12.4 Å². The Morgan fingerprint density at radius 2 is 1.58 bits per heavy atom. The third-order valence-electron chi connectivity index (χ3n) is 8.61. The van der Waals surface area contributed by atoms with Crippen LogP contribution in [0.15, 0.2) is 103 Å². The molecule has 1 unspecified atom stereocenters. The van der Waals surface area contributed by atoms with Crippen molar-refractivity contribution in [1.82, 2.24) is 9.97 Å². The number of hydrogen-bond acceptors (Lipinski definition) is 6. The number of hydrogen-bond donors (Lipinski definition) is 1. The first kappa shape index (κ1) is 33.3. The number of nitrogens with one attached hydrogen (secondary N) is 1. The Bertz CT molecular complexity index is 1890. The van der Waals surface area contributed by atoms with Gasteiger partial charge in [0, 0.05) is 28.6 Å². The lowest BCUT2D eigenvalue weighted by atomic mass is 9.93. The molecule has 11 heteroatoms. The van der Waals surface area contributed by atoms with Crippen LogP contribution in [0.5, 0.6) is 5.75 Å². The van der Waals surface area contributed by atoms with E-state index in [1.807, 2.05) is 42.5 Å². The van der Waals surface area contributed by atoms with Crippen molar-refractivity contribution in [2.24, 2.45) is 0 Å². The molecule has 2 aromatic heterocycles. The van der Waals surface area contributed by atoms with Crippen LogP contribution in [0.1, 0.15) is 63.8 Å². The molecule has 3 aromatic carbocycles. The number of imidazole rings is 1. The quantitative estimate of drug-likeness (QED) is 0.125. The van der Waals surface area contributed by atoms with Gasteiger partial charge in [0.25, 0.3) is 0 Å². The monoisotopic (exact) mass is 688 g/mol. The topological polar surface area (TPSA) is 73.4 Å². The zero-order chi connectivity index (χ0) is 34.1. The van der Waals surface area contributed by atoms with Gasteiger partial charge >= 0.3 is 20.5 Å². The Kier molecular flexibility index (Phi) is 9.10. The number of carbonyl (C=O) groups is 1. The smallest absolute Gasteiger partial charge is 0.416 e. The van der Waals surface area contributed by atoms with E-state index >= 15 is 0 Å². The number of methoxy groups -OCH3 is 1. The molecule has 0 saturated heterocycles. The standard InChI is InChI=1S/C37H35F3N2O4SSi/c1-36(2,3)48(25-14-7-5-8-15-25,26-16-9-6-10-17-26)46-31-20-30-29(41-23-42-30)19-27(31)33-21-32(34(47-33)35(43)44-4)45-22-24-13-11-12-18-28(24)37(38,39)40/h5-18,20-21,23,27H,19,22H2,1-4H3,(H,41,42). The normalized spacial score (nSPS) is 15.0. The van der Waals surface area contributed by atoms with Crippen molar-refractivity contribution < 1.29 is 31.9 Å². The molecular formula is C37H35F3N2O4SSi. The second kappa shape index (κ2) is 13.1. The lowest BCUT2D eigenvalue weighted by Gasteiger charge is -2.45. The summed E-state index contributed by atoms with van der Waals surface area (Å²) in [5, 5.41) is 1.88. The zero-order valence-corrected chi connectivity index (χ0v) is 28.7. The number of allylic oxidation sites excluding steroid dienone is 1. The molecule has 0 radical (unpaired) electrons. The van der Waals surface area contributed by atoms with Gasteiger partial charge in [0.05, 0.1) is 36.4 Å². The number of esters is 1. The van der Waals surface area contributed by atoms with Gasteiger partial charge in [-0.05, 0) is 27.5 Å². The van der Waals surface area contributed by atoms with E-state index in [9.17, 15) is 18.0 Å². The molecule has 1 atom stereocenters. The largest absolute Gasteiger partial charge is 0.537 e. The Hall–Kier alpha value is -4.61. The van der Waals surface area contributed by atoms with Crippen molar-refractivity contribution in [2.75, 3.05) is 7.11 Å². The Morgan fingerprint density at radius 1 is 0.958 bits per heavy atom.